The van der Waals surface area contributed by atoms with Gasteiger partial charge in [-0.1, -0.05) is 53.9 Å². The molecule has 2 aromatic carbocycles. The third-order valence-electron chi connectivity index (χ3n) is 17.2. The molecule has 0 aliphatic carbocycles. The summed E-state index contributed by atoms with van der Waals surface area (Å²) < 4.78 is 102. The number of aromatic nitrogens is 6. The maximum Gasteiger partial charge on any atom is 0.254 e. The van der Waals surface area contributed by atoms with Crippen LogP contribution in [0.3, 0.4) is 0 Å². The molecule has 1 N–H and O–H groups in total. The number of aliphatic hydroxyl groups is 1. The number of halogens is 2. The molecule has 9 heterocycles. The van der Waals surface area contributed by atoms with Crippen LogP contribution < -0.4 is 14.4 Å². The minimum atomic E-state index is -3.81. The molecule has 26 heteroatoms. The van der Waals surface area contributed by atoms with Crippen LogP contribution in [-0.4, -0.2) is 212 Å². The van der Waals surface area contributed by atoms with Gasteiger partial charge in [0, 0.05) is 131 Å². The van der Waals surface area contributed by atoms with Gasteiger partial charge in [0.15, 0.2) is 24.4 Å². The smallest absolute Gasteiger partial charge is 0.254 e. The number of fused-ring (bicyclic) bond motifs is 1. The van der Waals surface area contributed by atoms with Crippen LogP contribution in [0.15, 0.2) is 94.4 Å². The molecule has 438 valence electrons. The zero-order valence-electron chi connectivity index (χ0n) is 46.5. The number of imidazole rings is 2. The first kappa shape index (κ1) is 58.0. The Bertz CT molecular complexity index is 3280. The Labute approximate surface area is 482 Å². The molecular weight excluding hydrogens is 1120 g/mol. The molecule has 5 aliphatic rings. The highest BCUT2D eigenvalue weighted by Crippen LogP contribution is 2.37. The van der Waals surface area contributed by atoms with Crippen LogP contribution >= 0.6 is 22.7 Å². The molecule has 0 radical (unpaired) electrons. The number of likely N-dealkylation sites (N-methyl/N-ethyl adjacent to an activating group) is 1. The lowest BCUT2D eigenvalue weighted by atomic mass is 10.0. The molecule has 11 rings (SSSR count). The average Bonchev–Trinajstić information content (AvgIpc) is 4.53. The van der Waals surface area contributed by atoms with Crippen LogP contribution in [0.1, 0.15) is 79.8 Å². The van der Waals surface area contributed by atoms with Gasteiger partial charge in [0.2, 0.25) is 6.33 Å². The molecule has 81 heavy (non-hydrogen) atoms. The number of ether oxygens (including phenoxy) is 1. The van der Waals surface area contributed by atoms with Crippen LogP contribution in [0.5, 0.6) is 0 Å². The summed E-state index contributed by atoms with van der Waals surface area (Å²) in [5.74, 6) is -0.680. The van der Waals surface area contributed by atoms with Gasteiger partial charge in [-0.15, -0.1) is 0 Å². The van der Waals surface area contributed by atoms with E-state index in [0.717, 1.165) is 73.3 Å². The van der Waals surface area contributed by atoms with E-state index >= 15 is 0 Å². The lowest BCUT2D eigenvalue weighted by Crippen LogP contribution is -2.50. The number of hydrogen-bond donors (Lipinski definition) is 1. The molecule has 5 fully saturated rings. The van der Waals surface area contributed by atoms with E-state index < -0.39 is 20.0 Å². The number of benzene rings is 2. The lowest BCUT2D eigenvalue weighted by Gasteiger charge is -2.39. The van der Waals surface area contributed by atoms with Gasteiger partial charge in [-0.05, 0) is 68.6 Å². The predicted molar refractivity (Wildman–Crippen MR) is 307 cm³/mol. The van der Waals surface area contributed by atoms with Crippen molar-refractivity contribution in [3.63, 3.8) is 0 Å². The summed E-state index contributed by atoms with van der Waals surface area (Å²) in [7, 11) is -3.84. The summed E-state index contributed by atoms with van der Waals surface area (Å²) in [6.45, 7) is 14.5. The van der Waals surface area contributed by atoms with Crippen LogP contribution in [0, 0.1) is 11.6 Å². The van der Waals surface area contributed by atoms with Crippen molar-refractivity contribution in [3.05, 3.63) is 120 Å². The van der Waals surface area contributed by atoms with Crippen molar-refractivity contribution < 1.29 is 40.0 Å². The van der Waals surface area contributed by atoms with Gasteiger partial charge in [0.25, 0.3) is 20.0 Å². The second-order valence-corrected chi connectivity index (χ2v) is 28.4. The van der Waals surface area contributed by atoms with Crippen LogP contribution in [0.2, 0.25) is 0 Å². The van der Waals surface area contributed by atoms with Gasteiger partial charge in [0.05, 0.1) is 48.6 Å². The number of methoxy groups -OCH3 is 1. The Kier molecular flexibility index (Phi) is 17.7. The van der Waals surface area contributed by atoms with Crippen molar-refractivity contribution in [2.75, 3.05) is 135 Å². The highest BCUT2D eigenvalue weighted by molar-refractivity contribution is 7.91. The second-order valence-electron chi connectivity index (χ2n) is 22.1. The fraction of sp³-hybridized carbons (Fsp3) is 0.564. The highest BCUT2D eigenvalue weighted by Gasteiger charge is 2.40. The Morgan fingerprint density at radius 1 is 0.691 bits per heavy atom. The first-order valence-electron chi connectivity index (χ1n) is 28.2. The van der Waals surface area contributed by atoms with E-state index in [1.165, 1.54) is 59.3 Å². The lowest BCUT2D eigenvalue weighted by molar-refractivity contribution is -0.700. The van der Waals surface area contributed by atoms with E-state index in [0.29, 0.717) is 96.6 Å². The second kappa shape index (κ2) is 24.8. The third kappa shape index (κ3) is 12.4. The summed E-state index contributed by atoms with van der Waals surface area (Å²) in [4.78, 5) is 27.4. The number of hydrogen-bond acceptors (Lipinski definition) is 17. The molecule has 5 saturated heterocycles. The van der Waals surface area contributed by atoms with E-state index in [9.17, 15) is 30.7 Å². The number of piperazine rings is 4. The zero-order valence-corrected chi connectivity index (χ0v) is 49.8. The first-order chi connectivity index (χ1) is 39.1. The SMILES string of the molecule is CCC(c1cncn1[C@H](C[n+]1cc(C(CCOC)N2CCN(S(=O)(=O)c3cnc(N4CCN(C)CC4)s3)CC2)n([C@H](C)c2ccc(F)cc2)c1)c1ccc(F)cc1)N1CCN(S(=O)(=O)c2cnc(N3CCN4C[C@H](O)C[C@H]4C3)s2)CC1. The predicted octanol–water partition coefficient (Wildman–Crippen LogP) is 4.61. The normalized spacial score (nSPS) is 22.3. The molecule has 0 bridgehead atoms. The molecule has 6 atom stereocenters. The summed E-state index contributed by atoms with van der Waals surface area (Å²) in [6, 6.07) is 12.4. The van der Waals surface area contributed by atoms with Crippen molar-refractivity contribution in [2.45, 2.75) is 84.4 Å². The highest BCUT2D eigenvalue weighted by atomic mass is 32.3. The van der Waals surface area contributed by atoms with E-state index in [1.54, 1.807) is 27.9 Å². The molecule has 5 aliphatic heterocycles. The number of rotatable bonds is 20. The Hall–Kier alpha value is -4.84. The zero-order chi connectivity index (χ0) is 56.6. The van der Waals surface area contributed by atoms with E-state index in [1.807, 2.05) is 24.7 Å². The van der Waals surface area contributed by atoms with Gasteiger partial charge >= 0.3 is 0 Å². The Balaban J connectivity index is 0.836. The van der Waals surface area contributed by atoms with E-state index in [4.69, 9.17) is 9.72 Å². The molecule has 0 saturated carbocycles. The first-order valence-corrected chi connectivity index (χ1v) is 32.7. The fourth-order valence-corrected chi connectivity index (χ4v) is 18.0. The largest absolute Gasteiger partial charge is 0.392 e. The van der Waals surface area contributed by atoms with Gasteiger partial charge < -0.3 is 29.1 Å². The Morgan fingerprint density at radius 3 is 1.85 bits per heavy atom. The fourth-order valence-electron chi connectivity index (χ4n) is 12.5. The summed E-state index contributed by atoms with van der Waals surface area (Å²) >= 11 is 2.45. The van der Waals surface area contributed by atoms with Gasteiger partial charge in [-0.2, -0.15) is 8.61 Å². The van der Waals surface area contributed by atoms with Crippen molar-refractivity contribution in [3.8, 4) is 0 Å². The molecule has 20 nitrogen and oxygen atoms in total. The molecule has 0 amide bonds. The molecule has 6 aromatic rings. The summed E-state index contributed by atoms with van der Waals surface area (Å²) in [5, 5.41) is 11.6. The minimum absolute atomic E-state index is 0.122. The van der Waals surface area contributed by atoms with Gasteiger partial charge in [-0.25, -0.2) is 49.7 Å². The van der Waals surface area contributed by atoms with Crippen molar-refractivity contribution in [2.24, 2.45) is 0 Å². The van der Waals surface area contributed by atoms with Crippen molar-refractivity contribution >= 4 is 53.0 Å². The van der Waals surface area contributed by atoms with Crippen LogP contribution in [0.4, 0.5) is 19.0 Å². The topological polar surface area (TPSA) is 176 Å². The van der Waals surface area contributed by atoms with Crippen LogP contribution in [0.25, 0.3) is 0 Å². The number of anilines is 2. The quantitative estimate of drug-likeness (QED) is 0.105. The molecule has 2 unspecified atom stereocenters. The van der Waals surface area contributed by atoms with Crippen molar-refractivity contribution in [1.82, 2.24) is 52.3 Å². The van der Waals surface area contributed by atoms with Crippen LogP contribution in [-0.2, 0) is 31.3 Å². The van der Waals surface area contributed by atoms with Gasteiger partial charge in [0.1, 0.15) is 30.4 Å². The summed E-state index contributed by atoms with van der Waals surface area (Å²) in [6.07, 6.45) is 12.7. The van der Waals surface area contributed by atoms with Gasteiger partial charge in [-0.3, -0.25) is 14.7 Å². The monoisotopic (exact) mass is 1190 g/mol. The van der Waals surface area contributed by atoms with E-state index in [2.05, 4.69) is 86.5 Å². The number of nitrogens with zero attached hydrogens (tertiary/aromatic N) is 14. The summed E-state index contributed by atoms with van der Waals surface area (Å²) in [5.41, 5.74) is 3.70. The maximum atomic E-state index is 14.8. The third-order valence-corrected chi connectivity index (χ3v) is 24.0. The Morgan fingerprint density at radius 2 is 1.26 bits per heavy atom. The number of thiazole rings is 2. The molecular formula is C55H75F2N14O6S4+. The van der Waals surface area contributed by atoms with E-state index in [-0.39, 0.29) is 56.4 Å². The minimum Gasteiger partial charge on any atom is -0.392 e. The molecule has 4 aromatic heterocycles. The van der Waals surface area contributed by atoms with Crippen molar-refractivity contribution in [1.29, 1.82) is 0 Å². The maximum absolute atomic E-state index is 14.8. The standard InChI is InChI=1S/C55H75F2N14O6S4/c1-5-47(63-21-25-68(26-22-63)81(75,76)53-33-60-55(79-53)67-20-19-66-35-46(72)30-45(66)34-67)49-31-58-38-70(49)50(42-8-12-44(57)13-9-42)36-62-37-51(71(39-62)40(2)41-6-10-43(56)11-7-41)48(14-29-77-4)64-23-27-69(28-24-64)80(73,74)52-32-59-54(78-52)65-17-15-61(3)16-18-65/h6-13,31-33,37-40,45-48,50,72H,5,14-30,34-36H2,1-4H3/q+1/t40-,45+,46-,47?,48?,50-/m1/s1. The average molecular weight is 1190 g/mol. The number of aliphatic hydroxyl groups excluding tert-OH is 1. The number of sulfonamides is 2. The molecule has 0 spiro atoms.